The Morgan fingerprint density at radius 3 is 2.29 bits per heavy atom. The molecule has 0 aromatic rings. The Kier molecular flexibility index (Phi) is 4.91. The zero-order chi connectivity index (χ0) is 15.6. The van der Waals surface area contributed by atoms with Crippen LogP contribution in [0, 0.1) is 11.3 Å². The van der Waals surface area contributed by atoms with Gasteiger partial charge in [-0.15, -0.1) is 0 Å². The molecule has 2 fully saturated rings. The Morgan fingerprint density at radius 2 is 1.81 bits per heavy atom. The molecule has 2 saturated heterocycles. The summed E-state index contributed by atoms with van der Waals surface area (Å²) in [7, 11) is 0. The van der Waals surface area contributed by atoms with Gasteiger partial charge in [0.2, 0.25) is 5.91 Å². The van der Waals surface area contributed by atoms with Crippen molar-refractivity contribution in [3.05, 3.63) is 0 Å². The molecule has 3 atom stereocenters. The molecule has 0 aliphatic carbocycles. The number of carbonyl (C=O) groups is 2. The first kappa shape index (κ1) is 16.3. The summed E-state index contributed by atoms with van der Waals surface area (Å²) in [4.78, 5) is 23.2. The van der Waals surface area contributed by atoms with Gasteiger partial charge in [0.1, 0.15) is 0 Å². The van der Waals surface area contributed by atoms with E-state index >= 15 is 0 Å². The van der Waals surface area contributed by atoms with E-state index in [0.717, 1.165) is 12.8 Å². The van der Waals surface area contributed by atoms with E-state index < -0.39 is 5.97 Å². The van der Waals surface area contributed by atoms with Crippen LogP contribution in [0.4, 0.5) is 0 Å². The fraction of sp³-hybridized carbons (Fsp3) is 0.875. The lowest BCUT2D eigenvalue weighted by molar-refractivity contribution is -0.138. The van der Waals surface area contributed by atoms with E-state index in [2.05, 4.69) is 10.6 Å². The fourth-order valence-electron chi connectivity index (χ4n) is 3.61. The maximum Gasteiger partial charge on any atom is 0.305 e. The monoisotopic (exact) mass is 296 g/mol. The lowest BCUT2D eigenvalue weighted by atomic mass is 9.84. The minimum Gasteiger partial charge on any atom is -0.481 e. The molecule has 5 heteroatoms. The number of amides is 1. The summed E-state index contributed by atoms with van der Waals surface area (Å²) in [6.45, 7) is 5.89. The number of hydrogen-bond donors (Lipinski definition) is 3. The minimum absolute atomic E-state index is 0.00229. The topological polar surface area (TPSA) is 78.4 Å². The predicted octanol–water partition coefficient (Wildman–Crippen LogP) is 1.91. The first-order valence-electron chi connectivity index (χ1n) is 8.01. The van der Waals surface area contributed by atoms with Crippen LogP contribution >= 0.6 is 0 Å². The van der Waals surface area contributed by atoms with E-state index in [9.17, 15) is 9.59 Å². The van der Waals surface area contributed by atoms with Gasteiger partial charge in [0.15, 0.2) is 0 Å². The fourth-order valence-corrected chi connectivity index (χ4v) is 3.61. The van der Waals surface area contributed by atoms with Crippen molar-refractivity contribution in [3.8, 4) is 0 Å². The Morgan fingerprint density at radius 1 is 1.24 bits per heavy atom. The van der Waals surface area contributed by atoms with Gasteiger partial charge in [0, 0.05) is 24.5 Å². The molecule has 3 unspecified atom stereocenters. The van der Waals surface area contributed by atoms with E-state index in [1.807, 2.05) is 20.8 Å². The number of carboxylic acid groups (broad SMARTS) is 1. The average Bonchev–Trinajstić information content (AvgIpc) is 2.66. The SMILES string of the molecule is CC(C)(C)C(CC(=O)O)NC(=O)CC1CC2CCC(C1)N2. The molecule has 0 aromatic heterocycles. The smallest absolute Gasteiger partial charge is 0.305 e. The molecule has 2 aliphatic rings. The number of carbonyl (C=O) groups excluding carboxylic acids is 1. The van der Waals surface area contributed by atoms with Crippen LogP contribution in [-0.2, 0) is 9.59 Å². The number of piperidine rings is 1. The van der Waals surface area contributed by atoms with Gasteiger partial charge in [0.05, 0.1) is 6.42 Å². The standard InChI is InChI=1S/C16H28N2O3/c1-16(2,3)13(9-15(20)21)18-14(19)8-10-6-11-4-5-12(7-10)17-11/h10-13,17H,4-9H2,1-3H3,(H,18,19)(H,20,21). The van der Waals surface area contributed by atoms with E-state index in [4.69, 9.17) is 5.11 Å². The van der Waals surface area contributed by atoms with Crippen molar-refractivity contribution in [2.75, 3.05) is 0 Å². The van der Waals surface area contributed by atoms with Crippen LogP contribution in [0.25, 0.3) is 0 Å². The molecule has 0 radical (unpaired) electrons. The van der Waals surface area contributed by atoms with E-state index in [0.29, 0.717) is 24.4 Å². The maximum atomic E-state index is 12.3. The lowest BCUT2D eigenvalue weighted by Crippen LogP contribution is -2.46. The molecule has 2 aliphatic heterocycles. The highest BCUT2D eigenvalue weighted by molar-refractivity contribution is 5.77. The number of nitrogens with one attached hydrogen (secondary N) is 2. The van der Waals surface area contributed by atoms with Crippen molar-refractivity contribution in [2.24, 2.45) is 11.3 Å². The molecule has 0 saturated carbocycles. The largest absolute Gasteiger partial charge is 0.481 e. The Bertz CT molecular complexity index is 391. The van der Waals surface area contributed by atoms with Crippen LogP contribution in [-0.4, -0.2) is 35.1 Å². The third-order valence-electron chi connectivity index (χ3n) is 4.80. The van der Waals surface area contributed by atoms with Gasteiger partial charge in [-0.3, -0.25) is 9.59 Å². The van der Waals surface area contributed by atoms with Crippen LogP contribution in [0.5, 0.6) is 0 Å². The highest BCUT2D eigenvalue weighted by Gasteiger charge is 2.35. The van der Waals surface area contributed by atoms with E-state index in [1.54, 1.807) is 0 Å². The molecule has 5 nitrogen and oxygen atoms in total. The highest BCUT2D eigenvalue weighted by atomic mass is 16.4. The third kappa shape index (κ3) is 4.70. The maximum absolute atomic E-state index is 12.3. The number of fused-ring (bicyclic) bond motifs is 2. The van der Waals surface area contributed by atoms with Crippen LogP contribution in [0.15, 0.2) is 0 Å². The van der Waals surface area contributed by atoms with Crippen molar-refractivity contribution < 1.29 is 14.7 Å². The number of aliphatic carboxylic acids is 1. The van der Waals surface area contributed by atoms with E-state index in [-0.39, 0.29) is 23.8 Å². The third-order valence-corrected chi connectivity index (χ3v) is 4.80. The first-order chi connectivity index (χ1) is 9.74. The summed E-state index contributed by atoms with van der Waals surface area (Å²) in [5.74, 6) is -0.424. The molecule has 1 amide bonds. The number of carboxylic acids is 1. The van der Waals surface area contributed by atoms with Crippen molar-refractivity contribution in [1.82, 2.24) is 10.6 Å². The molecule has 21 heavy (non-hydrogen) atoms. The van der Waals surface area contributed by atoms with Gasteiger partial charge in [-0.05, 0) is 37.0 Å². The van der Waals surface area contributed by atoms with Crippen LogP contribution in [0.3, 0.4) is 0 Å². The zero-order valence-electron chi connectivity index (χ0n) is 13.3. The molecule has 2 heterocycles. The van der Waals surface area contributed by atoms with Crippen molar-refractivity contribution >= 4 is 11.9 Å². The minimum atomic E-state index is -0.866. The summed E-state index contributed by atoms with van der Waals surface area (Å²) in [5, 5.41) is 15.5. The zero-order valence-corrected chi connectivity index (χ0v) is 13.3. The molecule has 120 valence electrons. The summed E-state index contributed by atoms with van der Waals surface area (Å²) >= 11 is 0. The molecule has 0 aromatic carbocycles. The molecular formula is C16H28N2O3. The second-order valence-corrected chi connectivity index (χ2v) is 7.76. The van der Waals surface area contributed by atoms with Gasteiger partial charge in [-0.2, -0.15) is 0 Å². The predicted molar refractivity (Wildman–Crippen MR) is 80.9 cm³/mol. The van der Waals surface area contributed by atoms with Crippen molar-refractivity contribution in [2.45, 2.75) is 77.4 Å². The number of rotatable bonds is 5. The molecule has 2 bridgehead atoms. The molecule has 0 spiro atoms. The quantitative estimate of drug-likeness (QED) is 0.724. The summed E-state index contributed by atoms with van der Waals surface area (Å²) < 4.78 is 0. The van der Waals surface area contributed by atoms with Crippen molar-refractivity contribution in [1.29, 1.82) is 0 Å². The second kappa shape index (κ2) is 6.34. The van der Waals surface area contributed by atoms with Gasteiger partial charge in [-0.25, -0.2) is 0 Å². The average molecular weight is 296 g/mol. The molecule has 2 rings (SSSR count). The van der Waals surface area contributed by atoms with Crippen LogP contribution < -0.4 is 10.6 Å². The normalized spacial score (nSPS) is 30.0. The van der Waals surface area contributed by atoms with Gasteiger partial charge < -0.3 is 15.7 Å². The summed E-state index contributed by atoms with van der Waals surface area (Å²) in [5.41, 5.74) is -0.249. The van der Waals surface area contributed by atoms with Crippen LogP contribution in [0.2, 0.25) is 0 Å². The van der Waals surface area contributed by atoms with Gasteiger partial charge >= 0.3 is 5.97 Å². The summed E-state index contributed by atoms with van der Waals surface area (Å²) in [6, 6.07) is 0.846. The van der Waals surface area contributed by atoms with Gasteiger partial charge in [0.25, 0.3) is 0 Å². The van der Waals surface area contributed by atoms with E-state index in [1.165, 1.54) is 12.8 Å². The Labute approximate surface area is 126 Å². The van der Waals surface area contributed by atoms with Crippen molar-refractivity contribution in [3.63, 3.8) is 0 Å². The van der Waals surface area contributed by atoms with Crippen LogP contribution in [0.1, 0.15) is 59.3 Å². The highest BCUT2D eigenvalue weighted by Crippen LogP contribution is 2.32. The lowest BCUT2D eigenvalue weighted by Gasteiger charge is -2.32. The molecule has 3 N–H and O–H groups in total. The van der Waals surface area contributed by atoms with Gasteiger partial charge in [-0.1, -0.05) is 20.8 Å². The first-order valence-corrected chi connectivity index (χ1v) is 8.01. The molecular weight excluding hydrogens is 268 g/mol. The Hall–Kier alpha value is -1.10. The summed E-state index contributed by atoms with van der Waals surface area (Å²) in [6.07, 6.45) is 5.11. The number of hydrogen-bond acceptors (Lipinski definition) is 3. The second-order valence-electron chi connectivity index (χ2n) is 7.76. The Balaban J connectivity index is 1.86.